The minimum atomic E-state index is -1.50. The van der Waals surface area contributed by atoms with E-state index in [2.05, 4.69) is 40.4 Å². The molecular formula is C9H20ClNSi. The summed E-state index contributed by atoms with van der Waals surface area (Å²) in [6.45, 7) is 15.8. The Bertz CT molecular complexity index is 160. The summed E-state index contributed by atoms with van der Waals surface area (Å²) in [5.74, 6) is 0. The molecule has 3 heteroatoms. The van der Waals surface area contributed by atoms with Crippen LogP contribution in [-0.4, -0.2) is 18.9 Å². The smallest absolute Gasteiger partial charge is 0.146 e. The van der Waals surface area contributed by atoms with E-state index in [4.69, 9.17) is 11.8 Å². The average molecular weight is 206 g/mol. The van der Waals surface area contributed by atoms with Crippen LogP contribution in [0.2, 0.25) is 18.1 Å². The highest BCUT2D eigenvalue weighted by Crippen LogP contribution is 2.38. The van der Waals surface area contributed by atoms with E-state index < -0.39 is 8.24 Å². The van der Waals surface area contributed by atoms with Crippen molar-refractivity contribution >= 4 is 20.0 Å². The Labute approximate surface area is 82.6 Å². The molecule has 0 aromatic rings. The topological polar surface area (TPSA) is 3.24 Å². The Morgan fingerprint density at radius 3 is 2.08 bits per heavy atom. The standard InChI is InChI=1S/C9H20ClNSi/c1-7-8-11(10)12(5,6)9(2,3)4/h7H,1,8H2,2-6H3. The molecule has 12 heavy (non-hydrogen) atoms. The van der Waals surface area contributed by atoms with Crippen molar-refractivity contribution in [2.45, 2.75) is 38.9 Å². The Morgan fingerprint density at radius 2 is 1.83 bits per heavy atom. The highest BCUT2D eigenvalue weighted by atomic mass is 35.5. The van der Waals surface area contributed by atoms with Crippen LogP contribution in [0.3, 0.4) is 0 Å². The van der Waals surface area contributed by atoms with Gasteiger partial charge in [-0.2, -0.15) is 0 Å². The quantitative estimate of drug-likeness (QED) is 0.387. The summed E-state index contributed by atoms with van der Waals surface area (Å²) in [5, 5.41) is 0.303. The summed E-state index contributed by atoms with van der Waals surface area (Å²) in [7, 11) is -1.50. The predicted molar refractivity (Wildman–Crippen MR) is 60.0 cm³/mol. The second kappa shape index (κ2) is 3.94. The van der Waals surface area contributed by atoms with Crippen LogP contribution in [0.4, 0.5) is 0 Å². The van der Waals surface area contributed by atoms with E-state index in [0.29, 0.717) is 5.04 Å². The molecule has 0 bridgehead atoms. The first-order chi connectivity index (χ1) is 5.23. The van der Waals surface area contributed by atoms with Gasteiger partial charge in [0.15, 0.2) is 0 Å². The van der Waals surface area contributed by atoms with Crippen LogP contribution >= 0.6 is 11.8 Å². The summed E-state index contributed by atoms with van der Waals surface area (Å²) >= 11 is 6.18. The predicted octanol–water partition coefficient (Wildman–Crippen LogP) is 3.63. The molecule has 0 aliphatic carbocycles. The third-order valence-corrected chi connectivity index (χ3v) is 9.20. The Kier molecular flexibility index (Phi) is 4.01. The molecule has 0 fully saturated rings. The Morgan fingerprint density at radius 1 is 1.42 bits per heavy atom. The number of nitrogens with zero attached hydrogens (tertiary/aromatic N) is 1. The first-order valence-electron chi connectivity index (χ1n) is 4.28. The van der Waals surface area contributed by atoms with Crippen LogP contribution < -0.4 is 0 Å². The minimum Gasteiger partial charge on any atom is -0.238 e. The molecular weight excluding hydrogens is 186 g/mol. The maximum atomic E-state index is 6.18. The Balaban J connectivity index is 4.48. The van der Waals surface area contributed by atoms with Gasteiger partial charge in [-0.3, -0.25) is 0 Å². The normalized spacial score (nSPS) is 13.6. The average Bonchev–Trinajstić information content (AvgIpc) is 1.85. The van der Waals surface area contributed by atoms with Gasteiger partial charge in [0, 0.05) is 6.54 Å². The fourth-order valence-electron chi connectivity index (χ4n) is 0.706. The van der Waals surface area contributed by atoms with Crippen molar-refractivity contribution in [3.8, 4) is 0 Å². The first kappa shape index (κ1) is 12.2. The van der Waals surface area contributed by atoms with Gasteiger partial charge in [0.25, 0.3) is 0 Å². The second-order valence-corrected chi connectivity index (χ2v) is 10.5. The molecule has 0 saturated heterocycles. The van der Waals surface area contributed by atoms with Crippen molar-refractivity contribution < 1.29 is 0 Å². The molecule has 0 saturated carbocycles. The minimum absolute atomic E-state index is 0.303. The molecule has 0 aliphatic heterocycles. The highest BCUT2D eigenvalue weighted by molar-refractivity contribution is 6.81. The van der Waals surface area contributed by atoms with Gasteiger partial charge in [-0.05, 0) is 16.8 Å². The van der Waals surface area contributed by atoms with E-state index in [0.717, 1.165) is 6.54 Å². The van der Waals surface area contributed by atoms with Gasteiger partial charge >= 0.3 is 0 Å². The van der Waals surface area contributed by atoms with E-state index >= 15 is 0 Å². The van der Waals surface area contributed by atoms with Crippen LogP contribution in [0.25, 0.3) is 0 Å². The number of hydrogen-bond donors (Lipinski definition) is 0. The fourth-order valence-corrected chi connectivity index (χ4v) is 2.88. The molecule has 0 aromatic heterocycles. The molecule has 0 rings (SSSR count). The molecule has 0 N–H and O–H groups in total. The number of halogens is 1. The highest BCUT2D eigenvalue weighted by Gasteiger charge is 2.40. The zero-order valence-electron chi connectivity index (χ0n) is 8.82. The molecule has 0 atom stereocenters. The van der Waals surface area contributed by atoms with Crippen molar-refractivity contribution in [2.24, 2.45) is 0 Å². The van der Waals surface area contributed by atoms with E-state index in [1.54, 1.807) is 0 Å². The molecule has 72 valence electrons. The lowest BCUT2D eigenvalue weighted by Gasteiger charge is -2.41. The third kappa shape index (κ3) is 2.61. The van der Waals surface area contributed by atoms with Crippen molar-refractivity contribution in [3.63, 3.8) is 0 Å². The second-order valence-electron chi connectivity index (χ2n) is 4.64. The zero-order chi connectivity index (χ0) is 9.99. The maximum absolute atomic E-state index is 6.18. The van der Waals surface area contributed by atoms with Gasteiger partial charge < -0.3 is 0 Å². The van der Waals surface area contributed by atoms with Gasteiger partial charge in [-0.15, -0.1) is 6.58 Å². The van der Waals surface area contributed by atoms with Gasteiger partial charge in [-0.25, -0.2) is 4.08 Å². The first-order valence-corrected chi connectivity index (χ1v) is 7.56. The van der Waals surface area contributed by atoms with Crippen molar-refractivity contribution in [3.05, 3.63) is 12.7 Å². The van der Waals surface area contributed by atoms with Crippen molar-refractivity contribution in [2.75, 3.05) is 6.54 Å². The lowest BCUT2D eigenvalue weighted by molar-refractivity contribution is 0.616. The summed E-state index contributed by atoms with van der Waals surface area (Å²) in [4.78, 5) is 0. The summed E-state index contributed by atoms with van der Waals surface area (Å²) < 4.78 is 1.94. The fraction of sp³-hybridized carbons (Fsp3) is 0.778. The molecule has 0 radical (unpaired) electrons. The van der Waals surface area contributed by atoms with Crippen LogP contribution in [0.1, 0.15) is 20.8 Å². The molecule has 0 amide bonds. The van der Waals surface area contributed by atoms with Crippen LogP contribution in [0.15, 0.2) is 12.7 Å². The van der Waals surface area contributed by atoms with Crippen LogP contribution in [0, 0.1) is 0 Å². The van der Waals surface area contributed by atoms with E-state index in [1.165, 1.54) is 0 Å². The van der Waals surface area contributed by atoms with Crippen molar-refractivity contribution in [1.82, 2.24) is 4.08 Å². The zero-order valence-corrected chi connectivity index (χ0v) is 10.6. The van der Waals surface area contributed by atoms with Gasteiger partial charge in [0.05, 0.1) is 0 Å². The van der Waals surface area contributed by atoms with Crippen LogP contribution in [0.5, 0.6) is 0 Å². The molecule has 0 aliphatic rings. The third-order valence-electron chi connectivity index (χ3n) is 2.73. The van der Waals surface area contributed by atoms with Gasteiger partial charge in [0.1, 0.15) is 8.24 Å². The number of rotatable bonds is 3. The summed E-state index contributed by atoms with van der Waals surface area (Å²) in [6, 6.07) is 0. The molecule has 0 unspecified atom stereocenters. The van der Waals surface area contributed by atoms with E-state index in [1.807, 2.05) is 10.2 Å². The summed E-state index contributed by atoms with van der Waals surface area (Å²) in [5.41, 5.74) is 0. The largest absolute Gasteiger partial charge is 0.238 e. The monoisotopic (exact) mass is 205 g/mol. The lowest BCUT2D eigenvalue weighted by atomic mass is 10.2. The molecule has 1 nitrogen and oxygen atoms in total. The van der Waals surface area contributed by atoms with E-state index in [9.17, 15) is 0 Å². The lowest BCUT2D eigenvalue weighted by Crippen LogP contribution is -2.50. The summed E-state index contributed by atoms with van der Waals surface area (Å²) in [6.07, 6.45) is 1.85. The molecule has 0 aromatic carbocycles. The maximum Gasteiger partial charge on any atom is 0.146 e. The van der Waals surface area contributed by atoms with Crippen molar-refractivity contribution in [1.29, 1.82) is 0 Å². The Hall–Kier alpha value is 0.207. The van der Waals surface area contributed by atoms with Gasteiger partial charge in [-0.1, -0.05) is 39.9 Å². The number of hydrogen-bond acceptors (Lipinski definition) is 1. The molecule has 0 spiro atoms. The van der Waals surface area contributed by atoms with E-state index in [-0.39, 0.29) is 0 Å². The SMILES string of the molecule is C=CCN(Cl)[Si](C)(C)C(C)(C)C. The van der Waals surface area contributed by atoms with Gasteiger partial charge in [0.2, 0.25) is 0 Å². The molecule has 0 heterocycles. The van der Waals surface area contributed by atoms with Crippen LogP contribution in [-0.2, 0) is 0 Å².